The van der Waals surface area contributed by atoms with E-state index in [0.29, 0.717) is 24.5 Å². The van der Waals surface area contributed by atoms with E-state index in [1.165, 1.54) is 0 Å². The Morgan fingerprint density at radius 2 is 1.62 bits per heavy atom. The maximum absolute atomic E-state index is 13.5. The number of rotatable bonds is 7. The van der Waals surface area contributed by atoms with Crippen LogP contribution in [0, 0.1) is 0 Å². The summed E-state index contributed by atoms with van der Waals surface area (Å²) in [6.07, 6.45) is 0.816. The van der Waals surface area contributed by atoms with E-state index in [2.05, 4.69) is 5.32 Å². The number of nitrogens with one attached hydrogen (secondary N) is 1. The Morgan fingerprint density at radius 1 is 1.00 bits per heavy atom. The molecule has 2 atom stereocenters. The van der Waals surface area contributed by atoms with E-state index >= 15 is 0 Å². The van der Waals surface area contributed by atoms with E-state index in [1.54, 1.807) is 19.1 Å². The minimum Gasteiger partial charge on any atom is -0.493 e. The van der Waals surface area contributed by atoms with Gasteiger partial charge in [0.05, 0.1) is 20.3 Å². The van der Waals surface area contributed by atoms with Crippen LogP contribution in [0.1, 0.15) is 28.3 Å². The molecule has 0 aromatic heterocycles. The van der Waals surface area contributed by atoms with Crippen molar-refractivity contribution >= 4 is 12.0 Å². The molecular formula is C27H28N2O5. The fourth-order valence-electron chi connectivity index (χ4n) is 4.44. The molecule has 7 nitrogen and oxygen atoms in total. The average molecular weight is 461 g/mol. The lowest BCUT2D eigenvalue weighted by molar-refractivity contribution is -0.139. The van der Waals surface area contributed by atoms with Gasteiger partial charge in [-0.25, -0.2) is 9.59 Å². The predicted molar refractivity (Wildman–Crippen MR) is 128 cm³/mol. The van der Waals surface area contributed by atoms with E-state index in [1.807, 2.05) is 72.8 Å². The molecule has 0 aliphatic carbocycles. The summed E-state index contributed by atoms with van der Waals surface area (Å²) in [5.41, 5.74) is 3.77. The Kier molecular flexibility index (Phi) is 7.01. The number of methoxy groups -OCH3 is 2. The fraction of sp³-hybridized carbons (Fsp3) is 0.259. The second kappa shape index (κ2) is 10.3. The molecule has 3 aromatic rings. The van der Waals surface area contributed by atoms with Gasteiger partial charge in [0.2, 0.25) is 0 Å². The molecule has 1 aliphatic heterocycles. The van der Waals surface area contributed by atoms with E-state index in [4.69, 9.17) is 9.47 Å². The van der Waals surface area contributed by atoms with Crippen LogP contribution in [0.5, 0.6) is 11.5 Å². The van der Waals surface area contributed by atoms with Gasteiger partial charge in [0.1, 0.15) is 6.04 Å². The van der Waals surface area contributed by atoms with Crippen molar-refractivity contribution in [2.45, 2.75) is 24.9 Å². The van der Waals surface area contributed by atoms with E-state index in [-0.39, 0.29) is 6.42 Å². The maximum atomic E-state index is 13.5. The Morgan fingerprint density at radius 3 is 2.24 bits per heavy atom. The number of ether oxygens (including phenoxy) is 2. The first-order valence-corrected chi connectivity index (χ1v) is 11.2. The lowest BCUT2D eigenvalue weighted by atomic mass is 9.88. The van der Waals surface area contributed by atoms with Crippen molar-refractivity contribution in [1.82, 2.24) is 10.2 Å². The van der Waals surface area contributed by atoms with Crippen molar-refractivity contribution in [1.29, 1.82) is 0 Å². The second-order valence-corrected chi connectivity index (χ2v) is 8.19. The molecule has 34 heavy (non-hydrogen) atoms. The summed E-state index contributed by atoms with van der Waals surface area (Å²) in [4.78, 5) is 27.1. The van der Waals surface area contributed by atoms with Crippen molar-refractivity contribution in [3.8, 4) is 11.5 Å². The molecule has 1 heterocycles. The minimum absolute atomic E-state index is 0.202. The van der Waals surface area contributed by atoms with Crippen LogP contribution in [0.25, 0.3) is 0 Å². The Balaban J connectivity index is 1.67. The molecule has 7 heteroatoms. The smallest absolute Gasteiger partial charge is 0.326 e. The average Bonchev–Trinajstić information content (AvgIpc) is 2.87. The van der Waals surface area contributed by atoms with E-state index in [9.17, 15) is 14.7 Å². The summed E-state index contributed by atoms with van der Waals surface area (Å²) in [6, 6.07) is 21.0. The van der Waals surface area contributed by atoms with E-state index in [0.717, 1.165) is 22.3 Å². The minimum atomic E-state index is -1.07. The SMILES string of the molecule is COc1cc2c(cc1OC)[C@H](c1ccccc1)N(C(=O)N[C@@H](Cc1ccccc1)C(=O)O)CC2. The number of nitrogens with zero attached hydrogens (tertiary/aromatic N) is 1. The first kappa shape index (κ1) is 23.2. The monoisotopic (exact) mass is 460 g/mol. The zero-order valence-electron chi connectivity index (χ0n) is 19.2. The molecule has 0 fully saturated rings. The van der Waals surface area contributed by atoms with E-state index < -0.39 is 24.1 Å². The maximum Gasteiger partial charge on any atom is 0.326 e. The Hall–Kier alpha value is -4.00. The summed E-state index contributed by atoms with van der Waals surface area (Å²) in [6.45, 7) is 0.436. The number of carboxylic acids is 1. The lowest BCUT2D eigenvalue weighted by Crippen LogP contribution is -2.51. The first-order valence-electron chi connectivity index (χ1n) is 11.2. The van der Waals surface area contributed by atoms with Crippen molar-refractivity contribution < 1.29 is 24.2 Å². The molecule has 0 radical (unpaired) electrons. The summed E-state index contributed by atoms with van der Waals surface area (Å²) >= 11 is 0. The summed E-state index contributed by atoms with van der Waals surface area (Å²) in [5.74, 6) is 0.147. The molecule has 3 aromatic carbocycles. The molecule has 0 unspecified atom stereocenters. The molecule has 0 saturated heterocycles. The van der Waals surface area contributed by atoms with Crippen LogP contribution in [-0.2, 0) is 17.6 Å². The molecule has 2 amide bonds. The molecule has 0 bridgehead atoms. The third-order valence-electron chi connectivity index (χ3n) is 6.13. The first-order chi connectivity index (χ1) is 16.5. The molecule has 1 aliphatic rings. The van der Waals surface area contributed by atoms with Gasteiger partial charge in [-0.15, -0.1) is 0 Å². The highest BCUT2D eigenvalue weighted by Gasteiger charge is 2.35. The number of fused-ring (bicyclic) bond motifs is 1. The Bertz CT molecular complexity index is 1150. The van der Waals surface area contributed by atoms with Gasteiger partial charge in [-0.3, -0.25) is 0 Å². The van der Waals surface area contributed by atoms with Gasteiger partial charge in [-0.2, -0.15) is 0 Å². The number of carboxylic acid groups (broad SMARTS) is 1. The molecular weight excluding hydrogens is 432 g/mol. The Labute approximate surface area is 198 Å². The van der Waals surface area contributed by atoms with Crippen molar-refractivity contribution in [2.75, 3.05) is 20.8 Å². The third-order valence-corrected chi connectivity index (χ3v) is 6.13. The largest absolute Gasteiger partial charge is 0.493 e. The van der Waals surface area contributed by atoms with Crippen molar-refractivity contribution in [3.63, 3.8) is 0 Å². The number of benzene rings is 3. The van der Waals surface area contributed by atoms with Gasteiger partial charge in [0.15, 0.2) is 11.5 Å². The summed E-state index contributed by atoms with van der Waals surface area (Å²) < 4.78 is 11.0. The number of aliphatic carboxylic acids is 1. The predicted octanol–water partition coefficient (Wildman–Crippen LogP) is 4.06. The second-order valence-electron chi connectivity index (χ2n) is 8.19. The van der Waals surface area contributed by atoms with Gasteiger partial charge in [0.25, 0.3) is 0 Å². The number of amides is 2. The molecule has 0 saturated carbocycles. The number of urea groups is 1. The molecule has 2 N–H and O–H groups in total. The normalized spacial score (nSPS) is 15.7. The zero-order valence-corrected chi connectivity index (χ0v) is 19.2. The summed E-state index contributed by atoms with van der Waals surface area (Å²) in [7, 11) is 3.18. The van der Waals surface area contributed by atoms with Crippen LogP contribution in [-0.4, -0.2) is 48.8 Å². The van der Waals surface area contributed by atoms with Crippen LogP contribution >= 0.6 is 0 Å². The highest BCUT2D eigenvalue weighted by molar-refractivity contribution is 5.83. The highest BCUT2D eigenvalue weighted by Crippen LogP contribution is 2.41. The van der Waals surface area contributed by atoms with Gasteiger partial charge in [0, 0.05) is 13.0 Å². The lowest BCUT2D eigenvalue weighted by Gasteiger charge is -2.38. The zero-order chi connectivity index (χ0) is 24.1. The van der Waals surface area contributed by atoms with Crippen LogP contribution in [0.2, 0.25) is 0 Å². The fourth-order valence-corrected chi connectivity index (χ4v) is 4.44. The van der Waals surface area contributed by atoms with Crippen LogP contribution in [0.15, 0.2) is 72.8 Å². The van der Waals surface area contributed by atoms with Gasteiger partial charge < -0.3 is 24.8 Å². The van der Waals surface area contributed by atoms with Crippen LogP contribution in [0.3, 0.4) is 0 Å². The topological polar surface area (TPSA) is 88.1 Å². The van der Waals surface area contributed by atoms with Gasteiger partial charge in [-0.05, 0) is 40.8 Å². The number of hydrogen-bond donors (Lipinski definition) is 2. The van der Waals surface area contributed by atoms with Crippen LogP contribution < -0.4 is 14.8 Å². The quantitative estimate of drug-likeness (QED) is 0.555. The van der Waals surface area contributed by atoms with Crippen LogP contribution in [0.4, 0.5) is 4.79 Å². The van der Waals surface area contributed by atoms with Gasteiger partial charge >= 0.3 is 12.0 Å². The number of carbonyl (C=O) groups excluding carboxylic acids is 1. The molecule has 4 rings (SSSR count). The molecule has 0 spiro atoms. The standard InChI is InChI=1S/C27H28N2O5/c1-33-23-16-20-13-14-29(25(19-11-7-4-8-12-19)21(20)17-24(23)34-2)27(32)28-22(26(30)31)15-18-9-5-3-6-10-18/h3-12,16-17,22,25H,13-15H2,1-2H3,(H,28,32)(H,30,31)/t22-,25-/m0/s1. The number of carbonyl (C=O) groups is 2. The number of hydrogen-bond acceptors (Lipinski definition) is 4. The third kappa shape index (κ3) is 4.83. The van der Waals surface area contributed by atoms with Crippen molar-refractivity contribution in [2.24, 2.45) is 0 Å². The summed E-state index contributed by atoms with van der Waals surface area (Å²) in [5, 5.41) is 12.5. The molecule has 176 valence electrons. The van der Waals surface area contributed by atoms with Crippen molar-refractivity contribution in [3.05, 3.63) is 95.1 Å². The highest BCUT2D eigenvalue weighted by atomic mass is 16.5. The van der Waals surface area contributed by atoms with Gasteiger partial charge in [-0.1, -0.05) is 60.7 Å².